The van der Waals surface area contributed by atoms with Crippen LogP contribution in [0.25, 0.3) is 0 Å². The summed E-state index contributed by atoms with van der Waals surface area (Å²) in [6.45, 7) is 2.24. The van der Waals surface area contributed by atoms with E-state index in [1.807, 2.05) is 0 Å². The van der Waals surface area contributed by atoms with E-state index in [2.05, 4.69) is 10.2 Å². The van der Waals surface area contributed by atoms with Gasteiger partial charge in [0.25, 0.3) is 0 Å². The lowest BCUT2D eigenvalue weighted by Gasteiger charge is -2.54. The first-order chi connectivity index (χ1) is 13.4. The van der Waals surface area contributed by atoms with Crippen LogP contribution >= 0.6 is 0 Å². The van der Waals surface area contributed by atoms with E-state index in [1.54, 1.807) is 4.31 Å². The second kappa shape index (κ2) is 7.24. The molecule has 1 N–H and O–H groups in total. The minimum absolute atomic E-state index is 0.0320. The van der Waals surface area contributed by atoms with Gasteiger partial charge in [0, 0.05) is 25.2 Å². The smallest absolute Gasteiger partial charge is 0.237 e. The van der Waals surface area contributed by atoms with Gasteiger partial charge >= 0.3 is 0 Å². The van der Waals surface area contributed by atoms with Crippen molar-refractivity contribution in [1.82, 2.24) is 14.5 Å². The van der Waals surface area contributed by atoms with E-state index in [4.69, 9.17) is 0 Å². The lowest BCUT2D eigenvalue weighted by atomic mass is 9.54. The summed E-state index contributed by atoms with van der Waals surface area (Å²) < 4.78 is 25.8. The predicted molar refractivity (Wildman–Crippen MR) is 108 cm³/mol. The van der Waals surface area contributed by atoms with Gasteiger partial charge in [0.05, 0.1) is 12.3 Å². The van der Waals surface area contributed by atoms with E-state index in [0.717, 1.165) is 44.1 Å². The first-order valence-electron chi connectivity index (χ1n) is 11.4. The first-order valence-corrected chi connectivity index (χ1v) is 13.2. The second-order valence-corrected chi connectivity index (χ2v) is 12.2. The molecule has 2 heterocycles. The maximum atomic E-state index is 13.2. The van der Waals surface area contributed by atoms with Crippen molar-refractivity contribution in [3.63, 3.8) is 0 Å². The van der Waals surface area contributed by atoms with Gasteiger partial charge in [-0.25, -0.2) is 8.42 Å². The third-order valence-electron chi connectivity index (χ3n) is 8.40. The van der Waals surface area contributed by atoms with Crippen LogP contribution < -0.4 is 5.32 Å². The fourth-order valence-electron chi connectivity index (χ4n) is 7.46. The number of rotatable bonds is 5. The van der Waals surface area contributed by atoms with Crippen molar-refractivity contribution in [2.24, 2.45) is 23.7 Å². The topological polar surface area (TPSA) is 69.7 Å². The molecule has 6 fully saturated rings. The molecule has 4 aliphatic carbocycles. The summed E-state index contributed by atoms with van der Waals surface area (Å²) in [5.74, 6) is 3.45. The van der Waals surface area contributed by atoms with Crippen LogP contribution in [0.15, 0.2) is 0 Å². The average Bonchev–Trinajstić information content (AvgIpc) is 3.27. The molecule has 0 unspecified atom stereocenters. The monoisotopic (exact) mass is 409 g/mol. The van der Waals surface area contributed by atoms with E-state index in [0.29, 0.717) is 31.0 Å². The quantitative estimate of drug-likeness (QED) is 0.752. The lowest BCUT2D eigenvalue weighted by molar-refractivity contribution is -0.129. The molecule has 7 heteroatoms. The normalized spacial score (nSPS) is 43.7. The van der Waals surface area contributed by atoms with Gasteiger partial charge in [0.2, 0.25) is 15.9 Å². The zero-order valence-electron chi connectivity index (χ0n) is 17.1. The van der Waals surface area contributed by atoms with Crippen LogP contribution in [-0.4, -0.2) is 67.5 Å². The van der Waals surface area contributed by atoms with Crippen molar-refractivity contribution in [3.05, 3.63) is 0 Å². The molecule has 0 spiro atoms. The molecule has 0 radical (unpaired) electrons. The number of hydrogen-bond donors (Lipinski definition) is 1. The standard InChI is InChI=1S/C21H35N3O3S/c1-28(26,27)24-7-2-4-18(24)13-23-6-3-5-19(23)21(25)22-20-16-9-14-8-15(11-16)12-17(20)10-14/h14-20H,2-13H2,1H3,(H,22,25)/t14?,15?,16?,17?,18-,19+,20?/m0/s1. The Morgan fingerprint density at radius 2 is 1.61 bits per heavy atom. The van der Waals surface area contributed by atoms with Gasteiger partial charge in [-0.2, -0.15) is 4.31 Å². The zero-order chi connectivity index (χ0) is 19.5. The molecule has 4 bridgehead atoms. The lowest BCUT2D eigenvalue weighted by Crippen LogP contribution is -2.58. The molecule has 6 rings (SSSR count). The SMILES string of the molecule is CS(=O)(=O)N1CCC[C@H]1CN1CCC[C@@H]1C(=O)NC1C2CC3CC(C2)CC1C3. The molecule has 6 nitrogen and oxygen atoms in total. The van der Waals surface area contributed by atoms with Gasteiger partial charge in [-0.3, -0.25) is 9.69 Å². The Hall–Kier alpha value is -0.660. The summed E-state index contributed by atoms with van der Waals surface area (Å²) in [6.07, 6.45) is 11.8. The Morgan fingerprint density at radius 3 is 2.25 bits per heavy atom. The van der Waals surface area contributed by atoms with Crippen molar-refractivity contribution >= 4 is 15.9 Å². The third-order valence-corrected chi connectivity index (χ3v) is 9.73. The summed E-state index contributed by atoms with van der Waals surface area (Å²) in [6, 6.07) is 0.352. The molecule has 0 aromatic rings. The zero-order valence-corrected chi connectivity index (χ0v) is 17.9. The second-order valence-electron chi connectivity index (χ2n) is 10.3. The highest BCUT2D eigenvalue weighted by Crippen LogP contribution is 2.53. The van der Waals surface area contributed by atoms with Crippen LogP contribution in [0.1, 0.15) is 57.8 Å². The third kappa shape index (κ3) is 3.52. The van der Waals surface area contributed by atoms with Crippen molar-refractivity contribution < 1.29 is 13.2 Å². The average molecular weight is 410 g/mol. The Morgan fingerprint density at radius 1 is 0.964 bits per heavy atom. The Labute approximate surface area is 169 Å². The van der Waals surface area contributed by atoms with E-state index in [1.165, 1.54) is 38.4 Å². The molecule has 4 saturated carbocycles. The molecule has 158 valence electrons. The fourth-order valence-corrected chi connectivity index (χ4v) is 8.64. The summed E-state index contributed by atoms with van der Waals surface area (Å²) in [7, 11) is -3.16. The van der Waals surface area contributed by atoms with Gasteiger partial charge in [-0.1, -0.05) is 0 Å². The minimum Gasteiger partial charge on any atom is -0.351 e. The molecular weight excluding hydrogens is 374 g/mol. The van der Waals surface area contributed by atoms with Crippen molar-refractivity contribution in [1.29, 1.82) is 0 Å². The van der Waals surface area contributed by atoms with Crippen molar-refractivity contribution in [2.75, 3.05) is 25.9 Å². The van der Waals surface area contributed by atoms with E-state index in [-0.39, 0.29) is 18.0 Å². The largest absolute Gasteiger partial charge is 0.351 e. The molecule has 6 aliphatic rings. The Bertz CT molecular complexity index is 696. The highest BCUT2D eigenvalue weighted by atomic mass is 32.2. The van der Waals surface area contributed by atoms with Crippen molar-refractivity contribution in [3.8, 4) is 0 Å². The maximum Gasteiger partial charge on any atom is 0.237 e. The van der Waals surface area contributed by atoms with Gasteiger partial charge in [0.15, 0.2) is 0 Å². The van der Waals surface area contributed by atoms with Gasteiger partial charge in [-0.15, -0.1) is 0 Å². The summed E-state index contributed by atoms with van der Waals surface area (Å²) >= 11 is 0. The molecule has 0 aromatic carbocycles. The molecule has 28 heavy (non-hydrogen) atoms. The van der Waals surface area contributed by atoms with Crippen LogP contribution in [0.4, 0.5) is 0 Å². The minimum atomic E-state index is -3.16. The molecule has 1 amide bonds. The summed E-state index contributed by atoms with van der Waals surface area (Å²) in [5.41, 5.74) is 0. The van der Waals surface area contributed by atoms with Crippen LogP contribution in [0.5, 0.6) is 0 Å². The molecule has 0 aromatic heterocycles. The van der Waals surface area contributed by atoms with E-state index in [9.17, 15) is 13.2 Å². The van der Waals surface area contributed by atoms with Crippen LogP contribution in [-0.2, 0) is 14.8 Å². The van der Waals surface area contributed by atoms with Gasteiger partial charge in [-0.05, 0) is 88.0 Å². The summed E-state index contributed by atoms with van der Waals surface area (Å²) in [4.78, 5) is 15.5. The highest BCUT2D eigenvalue weighted by Gasteiger charge is 2.49. The Kier molecular flexibility index (Phi) is 4.99. The van der Waals surface area contributed by atoms with E-state index >= 15 is 0 Å². The number of likely N-dealkylation sites (tertiary alicyclic amines) is 1. The number of carbonyl (C=O) groups is 1. The molecule has 2 saturated heterocycles. The number of amides is 1. The number of sulfonamides is 1. The van der Waals surface area contributed by atoms with Crippen molar-refractivity contribution in [2.45, 2.75) is 75.9 Å². The van der Waals surface area contributed by atoms with Crippen LogP contribution in [0.3, 0.4) is 0 Å². The molecule has 2 atom stereocenters. The number of nitrogens with one attached hydrogen (secondary N) is 1. The van der Waals surface area contributed by atoms with Crippen LogP contribution in [0, 0.1) is 23.7 Å². The molecule has 2 aliphatic heterocycles. The molecular formula is C21H35N3O3S. The summed E-state index contributed by atoms with van der Waals surface area (Å²) in [5, 5.41) is 3.49. The first kappa shape index (κ1) is 19.3. The predicted octanol–water partition coefficient (Wildman–Crippen LogP) is 1.82. The van der Waals surface area contributed by atoms with Gasteiger partial charge < -0.3 is 5.32 Å². The van der Waals surface area contributed by atoms with E-state index < -0.39 is 10.0 Å². The number of carbonyl (C=O) groups excluding carboxylic acids is 1. The fraction of sp³-hybridized carbons (Fsp3) is 0.952. The Balaban J connectivity index is 1.22. The maximum absolute atomic E-state index is 13.2. The number of nitrogens with zero attached hydrogens (tertiary/aromatic N) is 2. The number of hydrogen-bond acceptors (Lipinski definition) is 4. The van der Waals surface area contributed by atoms with Crippen LogP contribution in [0.2, 0.25) is 0 Å². The van der Waals surface area contributed by atoms with Gasteiger partial charge in [0.1, 0.15) is 0 Å². The highest BCUT2D eigenvalue weighted by molar-refractivity contribution is 7.88.